The Morgan fingerprint density at radius 3 is 2.46 bits per heavy atom. The molecule has 0 radical (unpaired) electrons. The zero-order valence-electron chi connectivity index (χ0n) is 14.2. The third-order valence-corrected chi connectivity index (χ3v) is 5.70. The van der Waals surface area contributed by atoms with Gasteiger partial charge in [0.1, 0.15) is 4.90 Å². The number of amides is 1. The SMILES string of the molecule is CCNC(=O)c1ccc(CNS(=O)(=O)c2cc(Cl)cc(Br)c2OC)cc1. The van der Waals surface area contributed by atoms with Crippen LogP contribution < -0.4 is 14.8 Å². The molecule has 0 saturated heterocycles. The van der Waals surface area contributed by atoms with Gasteiger partial charge in [-0.15, -0.1) is 0 Å². The first kappa shape index (κ1) is 20.7. The van der Waals surface area contributed by atoms with Crippen LogP contribution in [0.15, 0.2) is 45.8 Å². The summed E-state index contributed by atoms with van der Waals surface area (Å²) in [7, 11) is -2.47. The van der Waals surface area contributed by atoms with Gasteiger partial charge in [0.2, 0.25) is 10.0 Å². The summed E-state index contributed by atoms with van der Waals surface area (Å²) in [5.41, 5.74) is 1.22. The first-order valence-electron chi connectivity index (χ1n) is 7.68. The fourth-order valence-electron chi connectivity index (χ4n) is 2.23. The van der Waals surface area contributed by atoms with Gasteiger partial charge in [-0.2, -0.15) is 0 Å². The second-order valence-corrected chi connectivity index (χ2v) is 8.33. The van der Waals surface area contributed by atoms with Gasteiger partial charge in [-0.1, -0.05) is 23.7 Å². The van der Waals surface area contributed by atoms with E-state index in [1.165, 1.54) is 13.2 Å². The van der Waals surface area contributed by atoms with Crippen molar-refractivity contribution in [2.24, 2.45) is 0 Å². The predicted octanol–water partition coefficient (Wildman–Crippen LogP) is 3.34. The Hall–Kier alpha value is -1.61. The molecule has 140 valence electrons. The summed E-state index contributed by atoms with van der Waals surface area (Å²) >= 11 is 9.20. The van der Waals surface area contributed by atoms with Crippen LogP contribution in [0.25, 0.3) is 0 Å². The van der Waals surface area contributed by atoms with Crippen LogP contribution in [-0.2, 0) is 16.6 Å². The molecule has 0 unspecified atom stereocenters. The van der Waals surface area contributed by atoms with Crippen LogP contribution in [0.1, 0.15) is 22.8 Å². The van der Waals surface area contributed by atoms with Crippen molar-refractivity contribution in [1.82, 2.24) is 10.0 Å². The van der Waals surface area contributed by atoms with Crippen LogP contribution in [0.5, 0.6) is 5.75 Å². The van der Waals surface area contributed by atoms with Crippen molar-refractivity contribution in [3.05, 3.63) is 57.0 Å². The summed E-state index contributed by atoms with van der Waals surface area (Å²) < 4.78 is 33.3. The van der Waals surface area contributed by atoms with Gasteiger partial charge in [0.25, 0.3) is 5.91 Å². The third-order valence-electron chi connectivity index (χ3n) is 3.49. The van der Waals surface area contributed by atoms with E-state index in [1.54, 1.807) is 30.3 Å². The summed E-state index contributed by atoms with van der Waals surface area (Å²) in [6.45, 7) is 2.44. The molecule has 1 amide bonds. The second kappa shape index (κ2) is 8.85. The average molecular weight is 462 g/mol. The normalized spacial score (nSPS) is 11.2. The lowest BCUT2D eigenvalue weighted by molar-refractivity contribution is 0.0956. The molecule has 0 saturated carbocycles. The zero-order valence-corrected chi connectivity index (χ0v) is 17.3. The lowest BCUT2D eigenvalue weighted by Gasteiger charge is -2.13. The van der Waals surface area contributed by atoms with Crippen molar-refractivity contribution < 1.29 is 17.9 Å². The number of carbonyl (C=O) groups excluding carboxylic acids is 1. The van der Waals surface area contributed by atoms with E-state index in [1.807, 2.05) is 6.92 Å². The van der Waals surface area contributed by atoms with Crippen molar-refractivity contribution in [2.75, 3.05) is 13.7 Å². The Kier molecular flexibility index (Phi) is 7.05. The fourth-order valence-corrected chi connectivity index (χ4v) is 4.63. The number of ether oxygens (including phenoxy) is 1. The molecule has 0 heterocycles. The second-order valence-electron chi connectivity index (χ2n) is 5.30. The first-order chi connectivity index (χ1) is 12.3. The number of nitrogens with one attached hydrogen (secondary N) is 2. The monoisotopic (exact) mass is 460 g/mol. The van der Waals surface area contributed by atoms with E-state index in [2.05, 4.69) is 26.0 Å². The average Bonchev–Trinajstić information content (AvgIpc) is 2.60. The van der Waals surface area contributed by atoms with Gasteiger partial charge >= 0.3 is 0 Å². The molecular weight excluding hydrogens is 444 g/mol. The summed E-state index contributed by atoms with van der Waals surface area (Å²) in [4.78, 5) is 11.7. The van der Waals surface area contributed by atoms with Crippen LogP contribution >= 0.6 is 27.5 Å². The number of hydrogen-bond donors (Lipinski definition) is 2. The Bertz CT molecular complexity index is 902. The molecule has 9 heteroatoms. The predicted molar refractivity (Wildman–Crippen MR) is 104 cm³/mol. The molecule has 0 spiro atoms. The van der Waals surface area contributed by atoms with Gasteiger partial charge in [0.15, 0.2) is 5.75 Å². The molecule has 6 nitrogen and oxygen atoms in total. The highest BCUT2D eigenvalue weighted by atomic mass is 79.9. The minimum atomic E-state index is -3.85. The van der Waals surface area contributed by atoms with Gasteiger partial charge in [-0.05, 0) is 52.7 Å². The molecule has 26 heavy (non-hydrogen) atoms. The molecule has 2 rings (SSSR count). The number of rotatable bonds is 7. The maximum absolute atomic E-state index is 12.6. The van der Waals surface area contributed by atoms with Crippen LogP contribution in [0, 0.1) is 0 Å². The molecule has 2 aromatic rings. The van der Waals surface area contributed by atoms with Crippen molar-refractivity contribution in [1.29, 1.82) is 0 Å². The molecule has 0 aromatic heterocycles. The summed E-state index contributed by atoms with van der Waals surface area (Å²) in [5.74, 6) is 0.00151. The molecular formula is C17H18BrClN2O4S. The highest BCUT2D eigenvalue weighted by Crippen LogP contribution is 2.35. The number of carbonyl (C=O) groups is 1. The molecule has 0 atom stereocenters. The third kappa shape index (κ3) is 4.97. The fraction of sp³-hybridized carbons (Fsp3) is 0.235. The van der Waals surface area contributed by atoms with Crippen LogP contribution in [-0.4, -0.2) is 28.0 Å². The Morgan fingerprint density at radius 2 is 1.88 bits per heavy atom. The lowest BCUT2D eigenvalue weighted by Crippen LogP contribution is -2.24. The molecule has 2 aromatic carbocycles. The first-order valence-corrected chi connectivity index (χ1v) is 10.3. The van der Waals surface area contributed by atoms with Crippen LogP contribution in [0.2, 0.25) is 5.02 Å². The van der Waals surface area contributed by atoms with Gasteiger partial charge in [-0.25, -0.2) is 13.1 Å². The number of benzene rings is 2. The van der Waals surface area contributed by atoms with E-state index in [0.29, 0.717) is 22.1 Å². The Morgan fingerprint density at radius 1 is 1.23 bits per heavy atom. The summed E-state index contributed by atoms with van der Waals surface area (Å²) in [6.07, 6.45) is 0. The summed E-state index contributed by atoms with van der Waals surface area (Å²) in [5, 5.41) is 2.97. The quantitative estimate of drug-likeness (QED) is 0.662. The van der Waals surface area contributed by atoms with Crippen molar-refractivity contribution in [3.8, 4) is 5.75 Å². The maximum Gasteiger partial charge on any atom is 0.251 e. The number of halogens is 2. The Balaban J connectivity index is 2.17. The van der Waals surface area contributed by atoms with E-state index in [0.717, 1.165) is 0 Å². The largest absolute Gasteiger partial charge is 0.494 e. The standard InChI is InChI=1S/C17H18BrClN2O4S/c1-3-20-17(22)12-6-4-11(5-7-12)10-21-26(23,24)15-9-13(19)8-14(18)16(15)25-2/h4-9,21H,3,10H2,1-2H3,(H,20,22). The highest BCUT2D eigenvalue weighted by Gasteiger charge is 2.22. The van der Waals surface area contributed by atoms with E-state index in [-0.39, 0.29) is 28.1 Å². The van der Waals surface area contributed by atoms with Crippen molar-refractivity contribution >= 4 is 43.5 Å². The molecule has 2 N–H and O–H groups in total. The topological polar surface area (TPSA) is 84.5 Å². The zero-order chi connectivity index (χ0) is 19.3. The minimum Gasteiger partial charge on any atom is -0.494 e. The van der Waals surface area contributed by atoms with Gasteiger partial charge in [0, 0.05) is 23.7 Å². The molecule has 0 bridgehead atoms. The van der Waals surface area contributed by atoms with Crippen molar-refractivity contribution in [3.63, 3.8) is 0 Å². The van der Waals surface area contributed by atoms with Crippen LogP contribution in [0.4, 0.5) is 0 Å². The smallest absolute Gasteiger partial charge is 0.251 e. The number of methoxy groups -OCH3 is 1. The van der Waals surface area contributed by atoms with Crippen molar-refractivity contribution in [2.45, 2.75) is 18.4 Å². The van der Waals surface area contributed by atoms with Gasteiger partial charge in [0.05, 0.1) is 11.6 Å². The minimum absolute atomic E-state index is 0.0571. The molecule has 0 aliphatic heterocycles. The lowest BCUT2D eigenvalue weighted by atomic mass is 10.1. The van der Waals surface area contributed by atoms with Gasteiger partial charge in [-0.3, -0.25) is 4.79 Å². The highest BCUT2D eigenvalue weighted by molar-refractivity contribution is 9.10. The molecule has 0 aliphatic carbocycles. The number of sulfonamides is 1. The molecule has 0 fully saturated rings. The van der Waals surface area contributed by atoms with E-state index in [9.17, 15) is 13.2 Å². The molecule has 0 aliphatic rings. The van der Waals surface area contributed by atoms with Crippen LogP contribution in [0.3, 0.4) is 0 Å². The van der Waals surface area contributed by atoms with E-state index >= 15 is 0 Å². The van der Waals surface area contributed by atoms with E-state index < -0.39 is 10.0 Å². The maximum atomic E-state index is 12.6. The Labute approximate surface area is 166 Å². The van der Waals surface area contributed by atoms with Gasteiger partial charge < -0.3 is 10.1 Å². The number of hydrogen-bond acceptors (Lipinski definition) is 4. The van der Waals surface area contributed by atoms with E-state index in [4.69, 9.17) is 16.3 Å². The summed E-state index contributed by atoms with van der Waals surface area (Å²) in [6, 6.07) is 9.55.